The van der Waals surface area contributed by atoms with Crippen LogP contribution in [0.3, 0.4) is 0 Å². The second kappa shape index (κ2) is 9.42. The fourth-order valence-corrected chi connectivity index (χ4v) is 2.90. The van der Waals surface area contributed by atoms with Crippen molar-refractivity contribution < 1.29 is 14.3 Å². The molecule has 1 N–H and O–H groups in total. The van der Waals surface area contributed by atoms with Crippen LogP contribution in [0.1, 0.15) is 23.6 Å². The summed E-state index contributed by atoms with van der Waals surface area (Å²) in [7, 11) is 1.56. The molecule has 0 saturated carbocycles. The molecule has 0 spiro atoms. The molecule has 0 saturated heterocycles. The molecule has 144 valence electrons. The second-order valence-electron chi connectivity index (χ2n) is 6.46. The van der Waals surface area contributed by atoms with Crippen LogP contribution in [0.15, 0.2) is 42.5 Å². The Bertz CT molecular complexity index is 785. The summed E-state index contributed by atoms with van der Waals surface area (Å²) >= 11 is 6.17. The highest BCUT2D eigenvalue weighted by Gasteiger charge is 2.25. The third-order valence-corrected chi connectivity index (χ3v) is 4.98. The van der Waals surface area contributed by atoms with Gasteiger partial charge in [0.15, 0.2) is 6.61 Å². The van der Waals surface area contributed by atoms with Crippen molar-refractivity contribution in [2.75, 3.05) is 13.7 Å². The van der Waals surface area contributed by atoms with Crippen molar-refractivity contribution in [3.63, 3.8) is 0 Å². The quantitative estimate of drug-likeness (QED) is 0.789. The molecule has 2 rings (SSSR count). The number of carbonyl (C=O) groups is 2. The molecule has 0 unspecified atom stereocenters. The van der Waals surface area contributed by atoms with Gasteiger partial charge in [0.1, 0.15) is 11.8 Å². The largest absolute Gasteiger partial charge is 0.484 e. The minimum atomic E-state index is -0.611. The summed E-state index contributed by atoms with van der Waals surface area (Å²) in [5.74, 6) is 0.0904. The Morgan fingerprint density at radius 3 is 2.30 bits per heavy atom. The normalized spacial score (nSPS) is 11.6. The third kappa shape index (κ3) is 5.47. The highest BCUT2D eigenvalue weighted by molar-refractivity contribution is 6.32. The molecule has 5 nitrogen and oxygen atoms in total. The Kier molecular flexibility index (Phi) is 7.25. The van der Waals surface area contributed by atoms with E-state index in [1.807, 2.05) is 44.2 Å². The number of carbonyl (C=O) groups excluding carboxylic acids is 2. The zero-order chi connectivity index (χ0) is 20.0. The molecule has 0 aromatic heterocycles. The van der Waals surface area contributed by atoms with Crippen LogP contribution in [-0.4, -0.2) is 36.4 Å². The lowest BCUT2D eigenvalue weighted by molar-refractivity contribution is -0.142. The highest BCUT2D eigenvalue weighted by atomic mass is 35.5. The van der Waals surface area contributed by atoms with Crippen LogP contribution < -0.4 is 10.1 Å². The van der Waals surface area contributed by atoms with Gasteiger partial charge in [0, 0.05) is 18.6 Å². The van der Waals surface area contributed by atoms with E-state index in [0.29, 0.717) is 17.3 Å². The van der Waals surface area contributed by atoms with E-state index in [-0.39, 0.29) is 18.4 Å². The number of nitrogens with zero attached hydrogens (tertiary/aromatic N) is 1. The van der Waals surface area contributed by atoms with Crippen LogP contribution >= 0.6 is 11.6 Å². The average Bonchev–Trinajstić information content (AvgIpc) is 2.67. The van der Waals surface area contributed by atoms with E-state index in [9.17, 15) is 9.59 Å². The van der Waals surface area contributed by atoms with E-state index < -0.39 is 6.04 Å². The Labute approximate surface area is 165 Å². The van der Waals surface area contributed by atoms with Crippen LogP contribution in [0.2, 0.25) is 5.02 Å². The molecule has 0 aliphatic carbocycles. The number of benzene rings is 2. The Morgan fingerprint density at radius 2 is 1.74 bits per heavy atom. The molecule has 2 aromatic carbocycles. The summed E-state index contributed by atoms with van der Waals surface area (Å²) < 4.78 is 5.69. The van der Waals surface area contributed by atoms with Gasteiger partial charge in [0.25, 0.3) is 5.91 Å². The average molecular weight is 389 g/mol. The zero-order valence-electron chi connectivity index (χ0n) is 16.1. The standard InChI is InChI=1S/C21H25ClN2O3/c1-14-10-18(11-15(2)20(14)22)27-13-19(25)24(16(3)21(26)23-4)12-17-8-6-5-7-9-17/h5-11,16H,12-13H2,1-4H3,(H,23,26)/t16-/m0/s1. The Hall–Kier alpha value is -2.53. The number of ether oxygens (including phenoxy) is 1. The predicted octanol–water partition coefficient (Wildman–Crippen LogP) is 3.50. The molecule has 0 heterocycles. The lowest BCUT2D eigenvalue weighted by atomic mass is 10.1. The molecule has 6 heteroatoms. The topological polar surface area (TPSA) is 58.6 Å². The molecule has 2 amide bonds. The Balaban J connectivity index is 2.14. The fourth-order valence-electron chi connectivity index (χ4n) is 2.79. The van der Waals surface area contributed by atoms with Gasteiger partial charge in [0.05, 0.1) is 0 Å². The summed E-state index contributed by atoms with van der Waals surface area (Å²) in [6, 6.07) is 12.5. The number of hydrogen-bond acceptors (Lipinski definition) is 3. The van der Waals surface area contributed by atoms with E-state index >= 15 is 0 Å². The number of aryl methyl sites for hydroxylation is 2. The maximum Gasteiger partial charge on any atom is 0.261 e. The van der Waals surface area contributed by atoms with Crippen molar-refractivity contribution in [1.82, 2.24) is 10.2 Å². The van der Waals surface area contributed by atoms with Crippen molar-refractivity contribution in [2.45, 2.75) is 33.4 Å². The summed E-state index contributed by atoms with van der Waals surface area (Å²) in [4.78, 5) is 26.4. The zero-order valence-corrected chi connectivity index (χ0v) is 16.8. The van der Waals surface area contributed by atoms with E-state index in [2.05, 4.69) is 5.32 Å². The maximum absolute atomic E-state index is 12.8. The SMILES string of the molecule is CNC(=O)[C@H](C)N(Cc1ccccc1)C(=O)COc1cc(C)c(Cl)c(C)c1. The summed E-state index contributed by atoms with van der Waals surface area (Å²) in [5.41, 5.74) is 2.72. The van der Waals surface area contributed by atoms with Crippen LogP contribution in [0.25, 0.3) is 0 Å². The lowest BCUT2D eigenvalue weighted by Crippen LogP contribution is -2.48. The smallest absolute Gasteiger partial charge is 0.261 e. The van der Waals surface area contributed by atoms with Crippen LogP contribution in [0.5, 0.6) is 5.75 Å². The molecule has 0 radical (unpaired) electrons. The minimum absolute atomic E-state index is 0.158. The number of nitrogens with one attached hydrogen (secondary N) is 1. The number of amides is 2. The van der Waals surface area contributed by atoms with E-state index in [4.69, 9.17) is 16.3 Å². The van der Waals surface area contributed by atoms with Crippen LogP contribution in [0.4, 0.5) is 0 Å². The van der Waals surface area contributed by atoms with Crippen molar-refractivity contribution in [1.29, 1.82) is 0 Å². The van der Waals surface area contributed by atoms with Gasteiger partial charge in [0.2, 0.25) is 5.91 Å². The molecular weight excluding hydrogens is 364 g/mol. The number of halogens is 1. The lowest BCUT2D eigenvalue weighted by Gasteiger charge is -2.28. The van der Waals surface area contributed by atoms with Crippen molar-refractivity contribution >= 4 is 23.4 Å². The van der Waals surface area contributed by atoms with Crippen molar-refractivity contribution in [3.8, 4) is 5.75 Å². The first-order valence-corrected chi connectivity index (χ1v) is 9.15. The first-order valence-electron chi connectivity index (χ1n) is 8.78. The molecule has 27 heavy (non-hydrogen) atoms. The van der Waals surface area contributed by atoms with E-state index in [1.165, 1.54) is 4.90 Å². The molecule has 1 atom stereocenters. The monoisotopic (exact) mass is 388 g/mol. The van der Waals surface area contributed by atoms with Gasteiger partial charge in [-0.2, -0.15) is 0 Å². The van der Waals surface area contributed by atoms with Crippen LogP contribution in [-0.2, 0) is 16.1 Å². The predicted molar refractivity (Wildman–Crippen MR) is 107 cm³/mol. The molecule has 2 aromatic rings. The highest BCUT2D eigenvalue weighted by Crippen LogP contribution is 2.26. The molecule has 0 aliphatic rings. The second-order valence-corrected chi connectivity index (χ2v) is 6.84. The van der Waals surface area contributed by atoms with Crippen molar-refractivity contribution in [2.24, 2.45) is 0 Å². The summed E-state index contributed by atoms with van der Waals surface area (Å²) in [6.45, 7) is 5.65. The van der Waals surface area contributed by atoms with Gasteiger partial charge in [-0.3, -0.25) is 9.59 Å². The first-order chi connectivity index (χ1) is 12.8. The maximum atomic E-state index is 12.8. The van der Waals surface area contributed by atoms with Gasteiger partial charge < -0.3 is 15.0 Å². The van der Waals surface area contributed by atoms with E-state index in [1.54, 1.807) is 26.1 Å². The number of rotatable bonds is 7. The molecule has 0 bridgehead atoms. The first kappa shape index (κ1) is 20.8. The number of likely N-dealkylation sites (N-methyl/N-ethyl adjacent to an activating group) is 1. The van der Waals surface area contributed by atoms with Gasteiger partial charge in [-0.25, -0.2) is 0 Å². The van der Waals surface area contributed by atoms with Gasteiger partial charge >= 0.3 is 0 Å². The van der Waals surface area contributed by atoms with E-state index in [0.717, 1.165) is 16.7 Å². The van der Waals surface area contributed by atoms with Crippen LogP contribution in [0, 0.1) is 13.8 Å². The van der Waals surface area contributed by atoms with Gasteiger partial charge in [-0.05, 0) is 49.6 Å². The Morgan fingerprint density at radius 1 is 1.15 bits per heavy atom. The van der Waals surface area contributed by atoms with Gasteiger partial charge in [-0.15, -0.1) is 0 Å². The van der Waals surface area contributed by atoms with Gasteiger partial charge in [-0.1, -0.05) is 41.9 Å². The molecule has 0 aliphatic heterocycles. The molecular formula is C21H25ClN2O3. The van der Waals surface area contributed by atoms with Crippen molar-refractivity contribution in [3.05, 3.63) is 64.2 Å². The number of hydrogen-bond donors (Lipinski definition) is 1. The summed E-state index contributed by atoms with van der Waals surface area (Å²) in [6.07, 6.45) is 0. The molecule has 0 fully saturated rings. The fraction of sp³-hybridized carbons (Fsp3) is 0.333. The summed E-state index contributed by atoms with van der Waals surface area (Å²) in [5, 5.41) is 3.28. The minimum Gasteiger partial charge on any atom is -0.484 e. The third-order valence-electron chi connectivity index (χ3n) is 4.38.